The van der Waals surface area contributed by atoms with Gasteiger partial charge in [-0.15, -0.1) is 0 Å². The highest BCUT2D eigenvalue weighted by Crippen LogP contribution is 2.36. The van der Waals surface area contributed by atoms with Crippen molar-refractivity contribution in [1.82, 2.24) is 4.90 Å². The van der Waals surface area contributed by atoms with Crippen LogP contribution >= 0.6 is 23.2 Å². The average Bonchev–Trinajstić information content (AvgIpc) is 2.79. The third-order valence-corrected chi connectivity index (χ3v) is 6.12. The number of hydrogen-bond donors (Lipinski definition) is 0. The number of anilines is 1. The first kappa shape index (κ1) is 21.4. The Morgan fingerprint density at radius 2 is 1.61 bits per heavy atom. The molecule has 3 aromatic rings. The van der Waals surface area contributed by atoms with E-state index in [9.17, 15) is 9.59 Å². The number of ketones is 1. The van der Waals surface area contributed by atoms with Crippen molar-refractivity contribution in [1.29, 1.82) is 0 Å². The lowest BCUT2D eigenvalue weighted by molar-refractivity contribution is -0.127. The number of amides is 1. The van der Waals surface area contributed by atoms with E-state index in [1.165, 1.54) is 0 Å². The second-order valence-corrected chi connectivity index (χ2v) is 8.51. The number of carbonyl (C=O) groups is 2. The molecule has 4 rings (SSSR count). The molecule has 3 aromatic carbocycles. The van der Waals surface area contributed by atoms with E-state index in [-0.39, 0.29) is 6.04 Å². The lowest BCUT2D eigenvalue weighted by Gasteiger charge is -2.43. The lowest BCUT2D eigenvalue weighted by Crippen LogP contribution is -2.52. The van der Waals surface area contributed by atoms with Gasteiger partial charge in [0.05, 0.1) is 16.8 Å². The van der Waals surface area contributed by atoms with Gasteiger partial charge in [0.2, 0.25) is 5.78 Å². The molecule has 1 aliphatic heterocycles. The van der Waals surface area contributed by atoms with Gasteiger partial charge in [-0.2, -0.15) is 0 Å². The predicted molar refractivity (Wildman–Crippen MR) is 125 cm³/mol. The molecule has 0 bridgehead atoms. The highest BCUT2D eigenvalue weighted by Gasteiger charge is 2.34. The Bertz CT molecular complexity index is 1100. The summed E-state index contributed by atoms with van der Waals surface area (Å²) in [6, 6.07) is 22.1. The van der Waals surface area contributed by atoms with E-state index in [0.717, 1.165) is 16.8 Å². The van der Waals surface area contributed by atoms with E-state index in [0.29, 0.717) is 35.2 Å². The molecule has 0 spiro atoms. The third-order valence-electron chi connectivity index (χ3n) is 5.57. The van der Waals surface area contributed by atoms with Gasteiger partial charge in [0.15, 0.2) is 0 Å². The summed E-state index contributed by atoms with van der Waals surface area (Å²) in [5, 5.41) is 1.31. The molecule has 0 saturated carbocycles. The van der Waals surface area contributed by atoms with Crippen molar-refractivity contribution in [2.24, 2.45) is 0 Å². The normalized spacial score (nSPS) is 16.3. The summed E-state index contributed by atoms with van der Waals surface area (Å²) in [7, 11) is 0. The molecule has 6 heteroatoms. The molecule has 1 aliphatic rings. The van der Waals surface area contributed by atoms with Crippen molar-refractivity contribution in [3.05, 3.63) is 99.5 Å². The maximum Gasteiger partial charge on any atom is 0.295 e. The molecule has 158 valence electrons. The fourth-order valence-electron chi connectivity index (χ4n) is 3.93. The van der Waals surface area contributed by atoms with Gasteiger partial charge < -0.3 is 9.80 Å². The van der Waals surface area contributed by atoms with Gasteiger partial charge in [-0.25, -0.2) is 0 Å². The number of halogens is 2. The van der Waals surface area contributed by atoms with Crippen LogP contribution in [0.2, 0.25) is 10.0 Å². The minimum Gasteiger partial charge on any atom is -0.360 e. The number of benzene rings is 3. The number of hydrogen-bond acceptors (Lipinski definition) is 3. The minimum absolute atomic E-state index is 0.154. The van der Waals surface area contributed by atoms with Gasteiger partial charge in [0.25, 0.3) is 5.91 Å². The fraction of sp³-hybridized carbons (Fsp3) is 0.200. The number of rotatable bonds is 4. The molecule has 0 aromatic heterocycles. The maximum atomic E-state index is 13.0. The van der Waals surface area contributed by atoms with Crippen LogP contribution in [0.1, 0.15) is 27.5 Å². The predicted octanol–water partition coefficient (Wildman–Crippen LogP) is 5.57. The van der Waals surface area contributed by atoms with Crippen molar-refractivity contribution in [2.75, 3.05) is 24.5 Å². The molecule has 4 nitrogen and oxygen atoms in total. The summed E-state index contributed by atoms with van der Waals surface area (Å²) in [4.78, 5) is 29.6. The van der Waals surface area contributed by atoms with E-state index in [1.807, 2.05) is 55.5 Å². The lowest BCUT2D eigenvalue weighted by atomic mass is 10.00. The quantitative estimate of drug-likeness (QED) is 0.383. The van der Waals surface area contributed by atoms with Gasteiger partial charge in [0, 0.05) is 30.2 Å². The van der Waals surface area contributed by atoms with Gasteiger partial charge >= 0.3 is 0 Å². The third kappa shape index (κ3) is 4.60. The topological polar surface area (TPSA) is 40.6 Å². The standard InChI is InChI=1S/C25H22Cl2N2O2/c1-17-7-12-22(21(27)15-17)29-14-13-28(16-23(29)18-8-10-20(26)11-9-18)25(31)24(30)19-5-3-2-4-6-19/h2-12,15,23H,13-14,16H2,1H3. The van der Waals surface area contributed by atoms with E-state index in [4.69, 9.17) is 23.2 Å². The zero-order chi connectivity index (χ0) is 22.0. The van der Waals surface area contributed by atoms with Gasteiger partial charge in [-0.05, 0) is 42.3 Å². The summed E-state index contributed by atoms with van der Waals surface area (Å²) >= 11 is 12.7. The smallest absolute Gasteiger partial charge is 0.295 e. The summed E-state index contributed by atoms with van der Waals surface area (Å²) in [5.41, 5.74) is 3.40. The Kier molecular flexibility index (Phi) is 6.30. The van der Waals surface area contributed by atoms with Crippen LogP contribution in [0.4, 0.5) is 5.69 Å². The van der Waals surface area contributed by atoms with Gasteiger partial charge in [0.1, 0.15) is 0 Å². The number of Topliss-reactive ketones (excluding diaryl/α,β-unsaturated/α-hetero) is 1. The first-order valence-corrected chi connectivity index (χ1v) is 10.9. The molecule has 1 atom stereocenters. The Labute approximate surface area is 192 Å². The van der Waals surface area contributed by atoms with E-state index in [2.05, 4.69) is 4.90 Å². The monoisotopic (exact) mass is 452 g/mol. The summed E-state index contributed by atoms with van der Waals surface area (Å²) < 4.78 is 0. The number of piperazine rings is 1. The molecule has 1 heterocycles. The van der Waals surface area contributed by atoms with Crippen molar-refractivity contribution in [3.63, 3.8) is 0 Å². The molecule has 1 saturated heterocycles. The number of aryl methyl sites for hydroxylation is 1. The van der Waals surface area contributed by atoms with Crippen molar-refractivity contribution in [3.8, 4) is 0 Å². The van der Waals surface area contributed by atoms with E-state index in [1.54, 1.807) is 29.2 Å². The Morgan fingerprint density at radius 1 is 0.903 bits per heavy atom. The van der Waals surface area contributed by atoms with Crippen LogP contribution < -0.4 is 4.90 Å². The Balaban J connectivity index is 1.65. The van der Waals surface area contributed by atoms with Crippen LogP contribution in [0.25, 0.3) is 0 Å². The highest BCUT2D eigenvalue weighted by molar-refractivity contribution is 6.42. The second kappa shape index (κ2) is 9.13. The van der Waals surface area contributed by atoms with Crippen molar-refractivity contribution in [2.45, 2.75) is 13.0 Å². The largest absolute Gasteiger partial charge is 0.360 e. The molecule has 31 heavy (non-hydrogen) atoms. The number of carbonyl (C=O) groups excluding carboxylic acids is 2. The summed E-state index contributed by atoms with van der Waals surface area (Å²) in [5.74, 6) is -0.975. The minimum atomic E-state index is -0.489. The summed E-state index contributed by atoms with van der Waals surface area (Å²) in [6.45, 7) is 3.37. The molecule has 0 radical (unpaired) electrons. The van der Waals surface area contributed by atoms with Gasteiger partial charge in [-0.3, -0.25) is 9.59 Å². The summed E-state index contributed by atoms with van der Waals surface area (Å²) in [6.07, 6.45) is 0. The molecule has 1 unspecified atom stereocenters. The average molecular weight is 453 g/mol. The highest BCUT2D eigenvalue weighted by atomic mass is 35.5. The molecular formula is C25H22Cl2N2O2. The van der Waals surface area contributed by atoms with Crippen molar-refractivity contribution < 1.29 is 9.59 Å². The molecule has 0 N–H and O–H groups in total. The van der Waals surface area contributed by atoms with Crippen LogP contribution in [0.15, 0.2) is 72.8 Å². The first-order valence-electron chi connectivity index (χ1n) is 10.1. The molecule has 1 amide bonds. The van der Waals surface area contributed by atoms with Crippen LogP contribution in [0.3, 0.4) is 0 Å². The molecular weight excluding hydrogens is 431 g/mol. The van der Waals surface area contributed by atoms with Crippen LogP contribution in [0, 0.1) is 6.92 Å². The van der Waals surface area contributed by atoms with E-state index >= 15 is 0 Å². The zero-order valence-corrected chi connectivity index (χ0v) is 18.6. The second-order valence-electron chi connectivity index (χ2n) is 7.66. The Morgan fingerprint density at radius 3 is 2.29 bits per heavy atom. The fourth-order valence-corrected chi connectivity index (χ4v) is 4.40. The molecule has 1 fully saturated rings. The molecule has 0 aliphatic carbocycles. The first-order chi connectivity index (χ1) is 14.9. The van der Waals surface area contributed by atoms with Crippen molar-refractivity contribution >= 4 is 40.6 Å². The van der Waals surface area contributed by atoms with E-state index < -0.39 is 11.7 Å². The van der Waals surface area contributed by atoms with Gasteiger partial charge in [-0.1, -0.05) is 71.7 Å². The number of nitrogens with zero attached hydrogens (tertiary/aromatic N) is 2. The SMILES string of the molecule is Cc1ccc(N2CCN(C(=O)C(=O)c3ccccc3)CC2c2ccc(Cl)cc2)c(Cl)c1. The maximum absolute atomic E-state index is 13.0. The Hall–Kier alpha value is -2.82. The van der Waals surface area contributed by atoms with Crippen LogP contribution in [0.5, 0.6) is 0 Å². The van der Waals surface area contributed by atoms with Crippen LogP contribution in [-0.2, 0) is 4.79 Å². The van der Waals surface area contributed by atoms with Crippen LogP contribution in [-0.4, -0.2) is 36.2 Å². The zero-order valence-electron chi connectivity index (χ0n) is 17.1.